The molecule has 0 bridgehead atoms. The van der Waals surface area contributed by atoms with Crippen molar-refractivity contribution in [1.29, 1.82) is 0 Å². The average Bonchev–Trinajstić information content (AvgIpc) is 2.72. The lowest BCUT2D eigenvalue weighted by Crippen LogP contribution is -2.29. The number of carbonyl (C=O) groups is 3. The molecule has 3 N–H and O–H groups in total. The molecule has 2 fully saturated rings. The fourth-order valence-electron chi connectivity index (χ4n) is 2.39. The number of hydrogen-bond donors (Lipinski definition) is 2. The fourth-order valence-corrected chi connectivity index (χ4v) is 2.39. The molecule has 4 rings (SSSR count). The summed E-state index contributed by atoms with van der Waals surface area (Å²) in [7, 11) is 0. The lowest BCUT2D eigenvalue weighted by Gasteiger charge is -2.13. The SMILES string of the molecule is C.NNC(=O)c1ccccc1.O=C(CN=C1CCC1)c1ccccc1.O=C1CCC1. The van der Waals surface area contributed by atoms with Crippen LogP contribution in [0.3, 0.4) is 0 Å². The maximum absolute atomic E-state index is 11.6. The number of nitrogens with two attached hydrogens (primary N) is 1. The molecule has 2 aromatic rings. The number of nitrogen functional groups attached to an aromatic ring is 1. The molecule has 1 amide bonds. The van der Waals surface area contributed by atoms with Crippen LogP contribution in [0.1, 0.15) is 66.7 Å². The molecule has 2 aromatic carbocycles. The van der Waals surface area contributed by atoms with E-state index in [1.807, 2.05) is 41.8 Å². The number of Topliss-reactive ketones (excluding diaryl/α,β-unsaturated/α-hetero) is 2. The van der Waals surface area contributed by atoms with Gasteiger partial charge in [-0.1, -0.05) is 56.0 Å². The molecule has 0 unspecified atom stereocenters. The number of benzene rings is 2. The molecule has 6 nitrogen and oxygen atoms in total. The van der Waals surface area contributed by atoms with E-state index in [0.717, 1.165) is 37.7 Å². The molecule has 30 heavy (non-hydrogen) atoms. The topological polar surface area (TPSA) is 102 Å². The second-order valence-corrected chi connectivity index (χ2v) is 6.76. The number of nitrogens with one attached hydrogen (secondary N) is 1. The molecule has 0 atom stereocenters. The van der Waals surface area contributed by atoms with Gasteiger partial charge in [-0.25, -0.2) is 5.84 Å². The Balaban J connectivity index is 0.000000246. The van der Waals surface area contributed by atoms with Crippen molar-refractivity contribution in [1.82, 2.24) is 5.43 Å². The highest BCUT2D eigenvalue weighted by atomic mass is 16.2. The van der Waals surface area contributed by atoms with Crippen LogP contribution in [0.25, 0.3) is 0 Å². The molecule has 160 valence electrons. The van der Waals surface area contributed by atoms with E-state index in [9.17, 15) is 14.4 Å². The van der Waals surface area contributed by atoms with Crippen LogP contribution in [0, 0.1) is 0 Å². The molecule has 2 saturated carbocycles. The van der Waals surface area contributed by atoms with E-state index in [0.29, 0.717) is 17.9 Å². The number of aliphatic imine (C=N–C) groups is 1. The van der Waals surface area contributed by atoms with Crippen molar-refractivity contribution in [3.05, 3.63) is 71.8 Å². The van der Waals surface area contributed by atoms with Crippen LogP contribution in [0.2, 0.25) is 0 Å². The minimum atomic E-state index is -0.263. The van der Waals surface area contributed by atoms with Gasteiger partial charge < -0.3 is 0 Å². The van der Waals surface area contributed by atoms with Crippen molar-refractivity contribution in [2.24, 2.45) is 10.8 Å². The molecular formula is C24H31N3O3. The van der Waals surface area contributed by atoms with E-state index < -0.39 is 0 Å². The maximum atomic E-state index is 11.6. The molecule has 2 aliphatic rings. The fraction of sp³-hybridized carbons (Fsp3) is 0.333. The summed E-state index contributed by atoms with van der Waals surface area (Å²) >= 11 is 0. The van der Waals surface area contributed by atoms with Gasteiger partial charge in [0.1, 0.15) is 12.3 Å². The van der Waals surface area contributed by atoms with Gasteiger partial charge in [-0.05, 0) is 37.8 Å². The van der Waals surface area contributed by atoms with E-state index in [1.165, 1.54) is 12.1 Å². The largest absolute Gasteiger partial charge is 0.300 e. The molecule has 0 aromatic heterocycles. The monoisotopic (exact) mass is 409 g/mol. The Bertz CT molecular complexity index is 821. The van der Waals surface area contributed by atoms with E-state index >= 15 is 0 Å². The van der Waals surface area contributed by atoms with Gasteiger partial charge in [0.25, 0.3) is 5.91 Å². The van der Waals surface area contributed by atoms with Gasteiger partial charge in [-0.3, -0.25) is 24.8 Å². The van der Waals surface area contributed by atoms with Crippen LogP contribution in [0.15, 0.2) is 65.7 Å². The summed E-state index contributed by atoms with van der Waals surface area (Å²) in [4.78, 5) is 36.5. The van der Waals surface area contributed by atoms with Gasteiger partial charge in [-0.15, -0.1) is 0 Å². The van der Waals surface area contributed by atoms with E-state index in [1.54, 1.807) is 24.3 Å². The molecule has 0 saturated heterocycles. The van der Waals surface area contributed by atoms with Crippen molar-refractivity contribution >= 4 is 23.2 Å². The number of hydrogen-bond acceptors (Lipinski definition) is 5. The molecule has 0 heterocycles. The smallest absolute Gasteiger partial charge is 0.265 e. The highest BCUT2D eigenvalue weighted by Crippen LogP contribution is 2.14. The highest BCUT2D eigenvalue weighted by molar-refractivity contribution is 5.99. The normalized spacial score (nSPS) is 13.5. The summed E-state index contributed by atoms with van der Waals surface area (Å²) in [5.74, 6) is 5.19. The average molecular weight is 410 g/mol. The third-order valence-electron chi connectivity index (χ3n) is 4.55. The Hall–Kier alpha value is -3.12. The predicted octanol–water partition coefficient (Wildman–Crippen LogP) is 4.16. The van der Waals surface area contributed by atoms with E-state index in [4.69, 9.17) is 5.84 Å². The molecule has 0 spiro atoms. The van der Waals surface area contributed by atoms with Gasteiger partial charge in [0.15, 0.2) is 5.78 Å². The van der Waals surface area contributed by atoms with Crippen molar-refractivity contribution in [2.45, 2.75) is 46.0 Å². The third kappa shape index (κ3) is 8.92. The zero-order valence-corrected chi connectivity index (χ0v) is 16.5. The number of nitrogens with zero attached hydrogens (tertiary/aromatic N) is 1. The summed E-state index contributed by atoms with van der Waals surface area (Å²) < 4.78 is 0. The van der Waals surface area contributed by atoms with Crippen LogP contribution in [-0.4, -0.2) is 29.7 Å². The van der Waals surface area contributed by atoms with Crippen LogP contribution in [0.4, 0.5) is 0 Å². The van der Waals surface area contributed by atoms with Gasteiger partial charge in [0, 0.05) is 29.7 Å². The van der Waals surface area contributed by atoms with Crippen LogP contribution in [0.5, 0.6) is 0 Å². The van der Waals surface area contributed by atoms with Crippen LogP contribution < -0.4 is 11.3 Å². The second-order valence-electron chi connectivity index (χ2n) is 6.76. The molecule has 0 radical (unpaired) electrons. The first kappa shape index (κ1) is 24.9. The Labute approximate surface area is 178 Å². The molecular weight excluding hydrogens is 378 g/mol. The quantitative estimate of drug-likeness (QED) is 0.343. The number of rotatable bonds is 4. The number of hydrazine groups is 1. The minimum absolute atomic E-state index is 0. The lowest BCUT2D eigenvalue weighted by molar-refractivity contribution is -0.123. The van der Waals surface area contributed by atoms with Crippen molar-refractivity contribution in [2.75, 3.05) is 6.54 Å². The first-order valence-electron chi connectivity index (χ1n) is 9.78. The Morgan fingerprint density at radius 3 is 1.67 bits per heavy atom. The molecule has 0 aliphatic heterocycles. The maximum Gasteiger partial charge on any atom is 0.265 e. The third-order valence-corrected chi connectivity index (χ3v) is 4.55. The van der Waals surface area contributed by atoms with E-state index in [-0.39, 0.29) is 19.1 Å². The predicted molar refractivity (Wildman–Crippen MR) is 121 cm³/mol. The molecule has 2 aliphatic carbocycles. The first-order chi connectivity index (χ1) is 14.1. The van der Waals surface area contributed by atoms with Crippen molar-refractivity contribution in [3.8, 4) is 0 Å². The summed E-state index contributed by atoms with van der Waals surface area (Å²) in [6.45, 7) is 0.319. The van der Waals surface area contributed by atoms with Gasteiger partial charge >= 0.3 is 0 Å². The standard InChI is InChI=1S/C12H13NO.C7H8N2O.C4H6O.CH4/c14-12(9-13-11-7-4-8-11)10-5-2-1-3-6-10;8-9-7(10)6-4-2-1-3-5-6;5-4-2-1-3-4;/h1-3,5-6H,4,7-9H2;1-5H,8H2,(H,9,10);1-3H2;1H4. The van der Waals surface area contributed by atoms with Gasteiger partial charge in [-0.2, -0.15) is 0 Å². The zero-order chi connectivity index (χ0) is 20.9. The van der Waals surface area contributed by atoms with Crippen LogP contribution >= 0.6 is 0 Å². The molecule has 6 heteroatoms. The zero-order valence-electron chi connectivity index (χ0n) is 16.5. The van der Waals surface area contributed by atoms with Gasteiger partial charge in [0.05, 0.1) is 0 Å². The number of carbonyl (C=O) groups excluding carboxylic acids is 3. The van der Waals surface area contributed by atoms with Crippen molar-refractivity contribution in [3.63, 3.8) is 0 Å². The van der Waals surface area contributed by atoms with E-state index in [2.05, 4.69) is 4.99 Å². The number of amides is 1. The summed E-state index contributed by atoms with van der Waals surface area (Å²) in [6, 6.07) is 18.1. The second kappa shape index (κ2) is 14.0. The lowest BCUT2D eigenvalue weighted by atomic mass is 9.97. The summed E-state index contributed by atoms with van der Waals surface area (Å²) in [6.07, 6.45) is 6.24. The van der Waals surface area contributed by atoms with Crippen LogP contribution in [-0.2, 0) is 4.79 Å². The first-order valence-corrected chi connectivity index (χ1v) is 9.78. The number of ketones is 2. The Kier molecular flexibility index (Phi) is 11.6. The highest BCUT2D eigenvalue weighted by Gasteiger charge is 2.11. The van der Waals surface area contributed by atoms with Crippen molar-refractivity contribution < 1.29 is 14.4 Å². The Morgan fingerprint density at radius 1 is 0.833 bits per heavy atom. The summed E-state index contributed by atoms with van der Waals surface area (Å²) in [5.41, 5.74) is 4.58. The minimum Gasteiger partial charge on any atom is -0.300 e. The summed E-state index contributed by atoms with van der Waals surface area (Å²) in [5, 5.41) is 0. The Morgan fingerprint density at radius 2 is 1.30 bits per heavy atom. The van der Waals surface area contributed by atoms with Gasteiger partial charge in [0.2, 0.25) is 0 Å².